The van der Waals surface area contributed by atoms with Crippen molar-refractivity contribution in [2.75, 3.05) is 31.1 Å². The van der Waals surface area contributed by atoms with Gasteiger partial charge in [0.15, 0.2) is 0 Å². The van der Waals surface area contributed by atoms with Crippen molar-refractivity contribution in [1.82, 2.24) is 0 Å². The number of carbonyl (C=O) groups is 1. The maximum Gasteiger partial charge on any atom is 0.311 e. The highest BCUT2D eigenvalue weighted by molar-refractivity contribution is 8.32. The first-order valence-electron chi connectivity index (χ1n) is 5.88. The van der Waals surface area contributed by atoms with Crippen molar-refractivity contribution in [2.24, 2.45) is 11.3 Å². The lowest BCUT2D eigenvalue weighted by Gasteiger charge is -2.27. The van der Waals surface area contributed by atoms with Crippen LogP contribution in [0, 0.1) is 11.3 Å². The minimum Gasteiger partial charge on any atom is -0.464 e. The minimum absolute atomic E-state index is 0.0511. The van der Waals surface area contributed by atoms with Gasteiger partial charge < -0.3 is 4.74 Å². The molecule has 0 atom stereocenters. The van der Waals surface area contributed by atoms with Gasteiger partial charge in [-0.05, 0) is 45.0 Å². The van der Waals surface area contributed by atoms with E-state index in [0.717, 1.165) is 12.2 Å². The molecule has 0 fully saturated rings. The van der Waals surface area contributed by atoms with Crippen LogP contribution in [-0.4, -0.2) is 37.1 Å². The summed E-state index contributed by atoms with van der Waals surface area (Å²) in [5.41, 5.74) is -0.346. The average Bonchev–Trinajstić information content (AvgIpc) is 1.98. The van der Waals surface area contributed by atoms with E-state index in [4.69, 9.17) is 4.74 Å². The number of rotatable bonds is 6. The van der Waals surface area contributed by atoms with Gasteiger partial charge in [-0.15, -0.1) is 0 Å². The highest BCUT2D eigenvalue weighted by Gasteiger charge is 2.30. The predicted molar refractivity (Wildman–Crippen MR) is 74.4 cm³/mol. The SMILES string of the molecule is CC(C)CC(C)(C)C(=O)OCCS(C)(C)C. The van der Waals surface area contributed by atoms with Gasteiger partial charge in [-0.2, -0.15) is 0 Å². The zero-order chi connectivity index (χ0) is 13.0. The molecule has 98 valence electrons. The van der Waals surface area contributed by atoms with Crippen molar-refractivity contribution in [3.8, 4) is 0 Å². The maximum atomic E-state index is 11.9. The first-order valence-corrected chi connectivity index (χ1v) is 8.90. The maximum absolute atomic E-state index is 11.9. The fourth-order valence-electron chi connectivity index (χ4n) is 1.68. The van der Waals surface area contributed by atoms with Gasteiger partial charge in [-0.25, -0.2) is 10.0 Å². The number of ether oxygens (including phenoxy) is 1. The predicted octanol–water partition coefficient (Wildman–Crippen LogP) is 3.30. The molecule has 0 saturated carbocycles. The van der Waals surface area contributed by atoms with Gasteiger partial charge in [0.2, 0.25) is 0 Å². The smallest absolute Gasteiger partial charge is 0.311 e. The molecule has 0 N–H and O–H groups in total. The first kappa shape index (κ1) is 15.8. The van der Waals surface area contributed by atoms with E-state index in [-0.39, 0.29) is 11.4 Å². The Morgan fingerprint density at radius 2 is 1.75 bits per heavy atom. The number of hydrogen-bond donors (Lipinski definition) is 0. The van der Waals surface area contributed by atoms with Crippen LogP contribution in [0.5, 0.6) is 0 Å². The summed E-state index contributed by atoms with van der Waals surface area (Å²) in [5, 5.41) is 0. The van der Waals surface area contributed by atoms with Crippen molar-refractivity contribution in [2.45, 2.75) is 34.1 Å². The Morgan fingerprint density at radius 1 is 1.25 bits per heavy atom. The van der Waals surface area contributed by atoms with E-state index in [0.29, 0.717) is 12.5 Å². The van der Waals surface area contributed by atoms with Crippen molar-refractivity contribution < 1.29 is 9.53 Å². The lowest BCUT2D eigenvalue weighted by Crippen LogP contribution is -2.29. The van der Waals surface area contributed by atoms with Crippen LogP contribution in [0.15, 0.2) is 0 Å². The molecule has 0 bridgehead atoms. The second-order valence-electron chi connectivity index (χ2n) is 6.41. The summed E-state index contributed by atoms with van der Waals surface area (Å²) in [6.45, 7) is 8.78. The van der Waals surface area contributed by atoms with Gasteiger partial charge in [-0.1, -0.05) is 13.8 Å². The first-order chi connectivity index (χ1) is 7.04. The van der Waals surface area contributed by atoms with Crippen LogP contribution < -0.4 is 0 Å². The molecule has 0 aromatic carbocycles. The molecule has 0 aliphatic carbocycles. The molecule has 3 heteroatoms. The molecule has 0 aromatic heterocycles. The highest BCUT2D eigenvalue weighted by Crippen LogP contribution is 2.34. The Labute approximate surface area is 102 Å². The molecule has 0 unspecified atom stereocenters. The quantitative estimate of drug-likeness (QED) is 0.674. The molecule has 0 aromatic rings. The lowest BCUT2D eigenvalue weighted by molar-refractivity contribution is -0.154. The fraction of sp³-hybridized carbons (Fsp3) is 0.923. The summed E-state index contributed by atoms with van der Waals surface area (Å²) in [7, 11) is -0.566. The Kier molecular flexibility index (Phi) is 5.88. The topological polar surface area (TPSA) is 26.3 Å². The molecule has 2 nitrogen and oxygen atoms in total. The van der Waals surface area contributed by atoms with E-state index in [2.05, 4.69) is 32.6 Å². The van der Waals surface area contributed by atoms with Gasteiger partial charge in [0.1, 0.15) is 0 Å². The van der Waals surface area contributed by atoms with Gasteiger partial charge in [-0.3, -0.25) is 4.79 Å². The number of esters is 1. The van der Waals surface area contributed by atoms with Crippen LogP contribution in [0.3, 0.4) is 0 Å². The van der Waals surface area contributed by atoms with E-state index >= 15 is 0 Å². The van der Waals surface area contributed by atoms with Crippen LogP contribution in [-0.2, 0) is 9.53 Å². The van der Waals surface area contributed by atoms with Crippen LogP contribution in [0.4, 0.5) is 0 Å². The third kappa shape index (κ3) is 7.15. The minimum atomic E-state index is -0.566. The summed E-state index contributed by atoms with van der Waals surface area (Å²) in [4.78, 5) is 11.9. The second-order valence-corrected chi connectivity index (χ2v) is 11.0. The monoisotopic (exact) mass is 248 g/mol. The molecular weight excluding hydrogens is 220 g/mol. The van der Waals surface area contributed by atoms with Crippen LogP contribution in [0.1, 0.15) is 34.1 Å². The molecule has 0 heterocycles. The zero-order valence-corrected chi connectivity index (χ0v) is 12.7. The van der Waals surface area contributed by atoms with E-state index in [1.54, 1.807) is 0 Å². The number of hydrogen-bond acceptors (Lipinski definition) is 2. The molecule has 0 saturated heterocycles. The van der Waals surface area contributed by atoms with Gasteiger partial charge in [0.25, 0.3) is 0 Å². The Bertz CT molecular complexity index is 227. The average molecular weight is 248 g/mol. The van der Waals surface area contributed by atoms with Gasteiger partial charge in [0.05, 0.1) is 12.0 Å². The Hall–Kier alpha value is -0.180. The van der Waals surface area contributed by atoms with E-state index in [9.17, 15) is 4.79 Å². The van der Waals surface area contributed by atoms with E-state index < -0.39 is 10.0 Å². The normalized spacial score (nSPS) is 14.0. The molecule has 0 aliphatic rings. The fourth-order valence-corrected chi connectivity index (χ4v) is 2.27. The highest BCUT2D eigenvalue weighted by atomic mass is 32.3. The van der Waals surface area contributed by atoms with Crippen molar-refractivity contribution in [3.63, 3.8) is 0 Å². The lowest BCUT2D eigenvalue weighted by atomic mass is 9.84. The summed E-state index contributed by atoms with van der Waals surface area (Å²) in [6, 6.07) is 0. The molecule has 0 radical (unpaired) electrons. The Balaban J connectivity index is 4.06. The third-order valence-electron chi connectivity index (χ3n) is 2.40. The summed E-state index contributed by atoms with van der Waals surface area (Å²) >= 11 is 0. The molecule has 0 rings (SSSR count). The Morgan fingerprint density at radius 3 is 2.12 bits per heavy atom. The standard InChI is InChI=1S/C13H28O2S/c1-11(2)10-13(3,4)12(14)15-8-9-16(5,6)7/h11H,8-10H2,1-7H3. The van der Waals surface area contributed by atoms with Gasteiger partial charge in [0, 0.05) is 5.75 Å². The molecule has 0 amide bonds. The van der Waals surface area contributed by atoms with Crippen molar-refractivity contribution in [3.05, 3.63) is 0 Å². The zero-order valence-electron chi connectivity index (χ0n) is 11.9. The molecule has 16 heavy (non-hydrogen) atoms. The molecule has 0 aliphatic heterocycles. The van der Waals surface area contributed by atoms with E-state index in [1.165, 1.54) is 0 Å². The van der Waals surface area contributed by atoms with Crippen LogP contribution in [0.2, 0.25) is 0 Å². The molecule has 0 spiro atoms. The summed E-state index contributed by atoms with van der Waals surface area (Å²) in [5.74, 6) is 1.47. The summed E-state index contributed by atoms with van der Waals surface area (Å²) in [6.07, 6.45) is 7.59. The third-order valence-corrected chi connectivity index (χ3v) is 3.79. The largest absolute Gasteiger partial charge is 0.464 e. The van der Waals surface area contributed by atoms with Crippen LogP contribution in [0.25, 0.3) is 0 Å². The second kappa shape index (κ2) is 5.95. The van der Waals surface area contributed by atoms with Gasteiger partial charge >= 0.3 is 5.97 Å². The van der Waals surface area contributed by atoms with Crippen molar-refractivity contribution in [1.29, 1.82) is 0 Å². The van der Waals surface area contributed by atoms with E-state index in [1.807, 2.05) is 13.8 Å². The number of carbonyl (C=O) groups excluding carboxylic acids is 1. The van der Waals surface area contributed by atoms with Crippen LogP contribution >= 0.6 is 10.0 Å². The summed E-state index contributed by atoms with van der Waals surface area (Å²) < 4.78 is 5.37. The van der Waals surface area contributed by atoms with Crippen molar-refractivity contribution >= 4 is 16.0 Å². The molecular formula is C13H28O2S.